The normalized spacial score (nSPS) is 12.9. The molecule has 98 valence electrons. The maximum atomic E-state index is 11.4. The Hall–Kier alpha value is -1.41. The third-order valence-electron chi connectivity index (χ3n) is 2.00. The molecule has 1 amide bonds. The van der Waals surface area contributed by atoms with Crippen LogP contribution in [0.2, 0.25) is 0 Å². The molecular formula is C9H16N2O5S. The molecule has 3 N–H and O–H groups in total. The van der Waals surface area contributed by atoms with Crippen LogP contribution in [0.5, 0.6) is 0 Å². The van der Waals surface area contributed by atoms with Gasteiger partial charge < -0.3 is 10.4 Å². The molecule has 17 heavy (non-hydrogen) atoms. The van der Waals surface area contributed by atoms with E-state index in [9.17, 15) is 18.0 Å². The third kappa shape index (κ3) is 6.69. The average molecular weight is 264 g/mol. The summed E-state index contributed by atoms with van der Waals surface area (Å²) in [4.78, 5) is 22.0. The second-order valence-corrected chi connectivity index (χ2v) is 5.31. The molecule has 0 radical (unpaired) electrons. The summed E-state index contributed by atoms with van der Waals surface area (Å²) in [6.07, 6.45) is 1.01. The molecule has 0 aromatic heterocycles. The van der Waals surface area contributed by atoms with Gasteiger partial charge in [-0.05, 0) is 13.8 Å². The van der Waals surface area contributed by atoms with Crippen molar-refractivity contribution < 1.29 is 23.1 Å². The molecular weight excluding hydrogens is 248 g/mol. The van der Waals surface area contributed by atoms with Gasteiger partial charge in [0.15, 0.2) is 0 Å². The van der Waals surface area contributed by atoms with Crippen LogP contribution in [0.4, 0.5) is 0 Å². The summed E-state index contributed by atoms with van der Waals surface area (Å²) in [5.74, 6) is -1.69. The van der Waals surface area contributed by atoms with Gasteiger partial charge in [-0.15, -0.1) is 0 Å². The van der Waals surface area contributed by atoms with E-state index in [2.05, 4.69) is 10.0 Å². The van der Waals surface area contributed by atoms with Crippen LogP contribution in [0.3, 0.4) is 0 Å². The number of carboxylic acid groups (broad SMARTS) is 1. The van der Waals surface area contributed by atoms with E-state index in [1.807, 2.05) is 0 Å². The molecule has 0 fully saturated rings. The van der Waals surface area contributed by atoms with Crippen LogP contribution >= 0.6 is 0 Å². The molecule has 0 rings (SSSR count). The van der Waals surface area contributed by atoms with Gasteiger partial charge in [0.25, 0.3) is 0 Å². The first-order chi connectivity index (χ1) is 7.65. The van der Waals surface area contributed by atoms with Gasteiger partial charge >= 0.3 is 5.97 Å². The zero-order chi connectivity index (χ0) is 13.6. The number of sulfonamides is 1. The molecule has 0 aliphatic carbocycles. The highest BCUT2D eigenvalue weighted by Gasteiger charge is 2.11. The minimum absolute atomic E-state index is 0.0430. The lowest BCUT2D eigenvalue weighted by Gasteiger charge is -2.07. The summed E-state index contributed by atoms with van der Waals surface area (Å²) in [5, 5.41) is 11.1. The van der Waals surface area contributed by atoms with Crippen LogP contribution in [-0.4, -0.2) is 44.7 Å². The lowest BCUT2D eigenvalue weighted by molar-refractivity contribution is -0.133. The predicted molar refractivity (Wildman–Crippen MR) is 61.9 cm³/mol. The van der Waals surface area contributed by atoms with Crippen molar-refractivity contribution in [3.05, 3.63) is 11.1 Å². The van der Waals surface area contributed by atoms with E-state index in [1.54, 1.807) is 0 Å². The zero-order valence-corrected chi connectivity index (χ0v) is 10.7. The molecule has 0 aromatic rings. The first kappa shape index (κ1) is 15.6. The molecule has 7 nitrogen and oxygen atoms in total. The first-order valence-electron chi connectivity index (χ1n) is 4.78. The van der Waals surface area contributed by atoms with Crippen molar-refractivity contribution in [2.24, 2.45) is 0 Å². The molecule has 0 bridgehead atoms. The number of aliphatic carboxylic acids is 1. The zero-order valence-electron chi connectivity index (χ0n) is 9.90. The summed E-state index contributed by atoms with van der Waals surface area (Å²) in [5.41, 5.74) is 0.0513. The fraction of sp³-hybridized carbons (Fsp3) is 0.556. The molecule has 0 spiro atoms. The van der Waals surface area contributed by atoms with E-state index in [4.69, 9.17) is 5.11 Å². The number of rotatable bonds is 6. The summed E-state index contributed by atoms with van der Waals surface area (Å²) < 4.78 is 23.6. The second kappa shape index (κ2) is 6.36. The number of hydrogen-bond acceptors (Lipinski definition) is 4. The van der Waals surface area contributed by atoms with Crippen LogP contribution < -0.4 is 10.0 Å². The number of carbonyl (C=O) groups is 2. The molecule has 0 heterocycles. The molecule has 0 aromatic carbocycles. The average Bonchev–Trinajstić information content (AvgIpc) is 2.20. The second-order valence-electron chi connectivity index (χ2n) is 3.48. The topological polar surface area (TPSA) is 113 Å². The minimum Gasteiger partial charge on any atom is -0.478 e. The Kier molecular flexibility index (Phi) is 5.83. The third-order valence-corrected chi connectivity index (χ3v) is 2.73. The lowest BCUT2D eigenvalue weighted by atomic mass is 10.1. The van der Waals surface area contributed by atoms with Crippen LogP contribution in [-0.2, 0) is 19.6 Å². The molecule has 0 aliphatic heterocycles. The number of hydrogen-bond donors (Lipinski definition) is 3. The van der Waals surface area contributed by atoms with E-state index in [0.717, 1.165) is 6.26 Å². The maximum Gasteiger partial charge on any atom is 0.331 e. The van der Waals surface area contributed by atoms with Gasteiger partial charge in [-0.25, -0.2) is 17.9 Å². The summed E-state index contributed by atoms with van der Waals surface area (Å²) in [7, 11) is -3.28. The highest BCUT2D eigenvalue weighted by molar-refractivity contribution is 7.88. The van der Waals surface area contributed by atoms with Gasteiger partial charge in [-0.2, -0.15) is 0 Å². The smallest absolute Gasteiger partial charge is 0.331 e. The van der Waals surface area contributed by atoms with Crippen LogP contribution in [0.25, 0.3) is 0 Å². The number of carboxylic acids is 1. The van der Waals surface area contributed by atoms with Crippen molar-refractivity contribution in [2.45, 2.75) is 13.8 Å². The van der Waals surface area contributed by atoms with E-state index < -0.39 is 21.9 Å². The van der Waals surface area contributed by atoms with Gasteiger partial charge in [0, 0.05) is 24.2 Å². The largest absolute Gasteiger partial charge is 0.478 e. The Bertz CT molecular complexity index is 438. The Morgan fingerprint density at radius 1 is 1.12 bits per heavy atom. The first-order valence-corrected chi connectivity index (χ1v) is 6.68. The van der Waals surface area contributed by atoms with E-state index in [1.165, 1.54) is 13.8 Å². The highest BCUT2D eigenvalue weighted by atomic mass is 32.2. The molecule has 0 aliphatic rings. The van der Waals surface area contributed by atoms with Gasteiger partial charge in [-0.3, -0.25) is 4.79 Å². The van der Waals surface area contributed by atoms with Crippen molar-refractivity contribution in [2.75, 3.05) is 19.3 Å². The number of carbonyl (C=O) groups excluding carboxylic acids is 1. The quantitative estimate of drug-likeness (QED) is 0.424. The van der Waals surface area contributed by atoms with Crippen LogP contribution in [0.1, 0.15) is 13.8 Å². The Balaban J connectivity index is 4.21. The van der Waals surface area contributed by atoms with E-state index in [-0.39, 0.29) is 24.2 Å². The van der Waals surface area contributed by atoms with Gasteiger partial charge in [0.05, 0.1) is 6.26 Å². The minimum atomic E-state index is -3.28. The van der Waals surface area contributed by atoms with Gasteiger partial charge in [-0.1, -0.05) is 0 Å². The number of amides is 1. The maximum absolute atomic E-state index is 11.4. The Morgan fingerprint density at radius 3 is 2.06 bits per heavy atom. The molecule has 0 unspecified atom stereocenters. The Morgan fingerprint density at radius 2 is 1.65 bits per heavy atom. The standard InChI is InChI=1S/C9H16N2O5S/c1-6(7(2)9(13)14)8(12)10-4-5-11-17(3,15)16/h11H,4-5H2,1-3H3,(H,10,12)(H,13,14)/b7-6-. The van der Waals surface area contributed by atoms with Crippen molar-refractivity contribution in [1.29, 1.82) is 0 Å². The summed E-state index contributed by atoms with van der Waals surface area (Å²) in [6, 6.07) is 0. The fourth-order valence-electron chi connectivity index (χ4n) is 0.876. The van der Waals surface area contributed by atoms with Crippen molar-refractivity contribution >= 4 is 21.9 Å². The SMILES string of the molecule is C/C(C(=O)O)=C(\C)C(=O)NCCNS(C)(=O)=O. The highest BCUT2D eigenvalue weighted by Crippen LogP contribution is 2.02. The molecule has 8 heteroatoms. The molecule has 0 atom stereocenters. The van der Waals surface area contributed by atoms with Crippen LogP contribution in [0.15, 0.2) is 11.1 Å². The van der Waals surface area contributed by atoms with Crippen molar-refractivity contribution in [3.63, 3.8) is 0 Å². The Labute approximate surface area is 99.9 Å². The fourth-order valence-corrected chi connectivity index (χ4v) is 1.35. The lowest BCUT2D eigenvalue weighted by Crippen LogP contribution is -2.34. The summed E-state index contributed by atoms with van der Waals surface area (Å²) >= 11 is 0. The summed E-state index contributed by atoms with van der Waals surface area (Å²) in [6.45, 7) is 2.87. The monoisotopic (exact) mass is 264 g/mol. The van der Waals surface area contributed by atoms with Crippen molar-refractivity contribution in [1.82, 2.24) is 10.0 Å². The van der Waals surface area contributed by atoms with Crippen LogP contribution in [0, 0.1) is 0 Å². The van der Waals surface area contributed by atoms with E-state index >= 15 is 0 Å². The van der Waals surface area contributed by atoms with E-state index in [0.29, 0.717) is 0 Å². The number of nitrogens with one attached hydrogen (secondary N) is 2. The van der Waals surface area contributed by atoms with Gasteiger partial charge in [0.2, 0.25) is 15.9 Å². The van der Waals surface area contributed by atoms with Crippen molar-refractivity contribution in [3.8, 4) is 0 Å². The molecule has 0 saturated heterocycles. The predicted octanol–water partition coefficient (Wildman–Crippen LogP) is -0.927. The molecule has 0 saturated carbocycles. The van der Waals surface area contributed by atoms with Gasteiger partial charge in [0.1, 0.15) is 0 Å².